The summed E-state index contributed by atoms with van der Waals surface area (Å²) in [6.45, 7) is 0.557. The summed E-state index contributed by atoms with van der Waals surface area (Å²) >= 11 is 6.01. The minimum Gasteiger partial charge on any atom is -0.349 e. The molecular formula is C33H32ClF6N3O2. The van der Waals surface area contributed by atoms with Crippen LogP contribution in [0.4, 0.5) is 26.3 Å². The number of alkyl halides is 6. The van der Waals surface area contributed by atoms with E-state index in [1.807, 2.05) is 36.4 Å². The molecule has 0 radical (unpaired) electrons. The number of hydrogen-bond donors (Lipinski definition) is 2. The monoisotopic (exact) mass is 651 g/mol. The first-order valence-electron chi connectivity index (χ1n) is 14.7. The molecule has 0 bridgehead atoms. The lowest BCUT2D eigenvalue weighted by Gasteiger charge is -2.33. The van der Waals surface area contributed by atoms with Crippen molar-refractivity contribution >= 4 is 23.4 Å². The standard InChI is InChI=1S/C33H32ClF6N3O2/c34-28-12-11-21(33(38,39)40)19-25(28)29(44)42-22-13-17-43(18-14-22)16-6-5-15-31(30(45)41-20-32(35,36)37)26-9-3-1-7-23(26)24-8-2-4-10-27(24)31/h1-4,7-12,19,22H,5-6,13-18,20H2,(H,41,45)(H,42,44). The highest BCUT2D eigenvalue weighted by atomic mass is 35.5. The maximum absolute atomic E-state index is 13.6. The predicted octanol–water partition coefficient (Wildman–Crippen LogP) is 7.37. The van der Waals surface area contributed by atoms with Crippen molar-refractivity contribution in [3.8, 4) is 11.1 Å². The van der Waals surface area contributed by atoms with Crippen LogP contribution in [0.3, 0.4) is 0 Å². The number of benzene rings is 3. The fraction of sp³-hybridized carbons (Fsp3) is 0.394. The number of likely N-dealkylation sites (tertiary alicyclic amines) is 1. The lowest BCUT2D eigenvalue weighted by atomic mass is 9.73. The van der Waals surface area contributed by atoms with Crippen molar-refractivity contribution in [2.45, 2.75) is 55.9 Å². The van der Waals surface area contributed by atoms with Gasteiger partial charge in [-0.2, -0.15) is 26.3 Å². The Morgan fingerprint density at radius 2 is 1.47 bits per heavy atom. The van der Waals surface area contributed by atoms with Gasteiger partial charge in [-0.05, 0) is 72.7 Å². The summed E-state index contributed by atoms with van der Waals surface area (Å²) in [5, 5.41) is 4.89. The molecule has 5 rings (SSSR count). The lowest BCUT2D eigenvalue weighted by Crippen LogP contribution is -2.47. The van der Waals surface area contributed by atoms with Crippen LogP contribution in [0.2, 0.25) is 5.02 Å². The third-order valence-electron chi connectivity index (χ3n) is 8.64. The predicted molar refractivity (Wildman–Crippen MR) is 159 cm³/mol. The lowest BCUT2D eigenvalue weighted by molar-refractivity contribution is -0.141. The number of carbonyl (C=O) groups excluding carboxylic acids is 2. The minimum atomic E-state index is -4.60. The molecule has 12 heteroatoms. The van der Waals surface area contributed by atoms with Crippen molar-refractivity contribution in [3.63, 3.8) is 0 Å². The Labute approximate surface area is 261 Å². The topological polar surface area (TPSA) is 61.4 Å². The van der Waals surface area contributed by atoms with Crippen LogP contribution in [0.1, 0.15) is 59.2 Å². The SMILES string of the molecule is O=C(NC1CCN(CCCCC2(C(=O)NCC(F)(F)F)c3ccccc3-c3ccccc32)CC1)c1cc(C(F)(F)F)ccc1Cl. The molecular weight excluding hydrogens is 620 g/mol. The smallest absolute Gasteiger partial charge is 0.349 e. The van der Waals surface area contributed by atoms with Gasteiger partial charge in [0.05, 0.1) is 16.1 Å². The number of halogens is 7. The van der Waals surface area contributed by atoms with Gasteiger partial charge in [-0.1, -0.05) is 66.6 Å². The van der Waals surface area contributed by atoms with Crippen LogP contribution in [0, 0.1) is 0 Å². The minimum absolute atomic E-state index is 0.0599. The molecule has 3 aromatic rings. The highest BCUT2D eigenvalue weighted by molar-refractivity contribution is 6.33. The highest BCUT2D eigenvalue weighted by Crippen LogP contribution is 2.51. The van der Waals surface area contributed by atoms with Crippen molar-refractivity contribution in [3.05, 3.63) is 94.0 Å². The summed E-state index contributed by atoms with van der Waals surface area (Å²) in [6.07, 6.45) is -6.36. The van der Waals surface area contributed by atoms with Crippen molar-refractivity contribution in [2.75, 3.05) is 26.2 Å². The number of nitrogens with one attached hydrogen (secondary N) is 2. The van der Waals surface area contributed by atoms with Gasteiger partial charge < -0.3 is 15.5 Å². The van der Waals surface area contributed by atoms with E-state index in [9.17, 15) is 35.9 Å². The van der Waals surface area contributed by atoms with Crippen LogP contribution < -0.4 is 10.6 Å². The number of fused-ring (bicyclic) bond motifs is 3. The number of rotatable bonds is 9. The normalized spacial score (nSPS) is 16.6. The summed E-state index contributed by atoms with van der Waals surface area (Å²) in [6, 6.07) is 17.1. The molecule has 45 heavy (non-hydrogen) atoms. The second-order valence-corrected chi connectivity index (χ2v) is 11.9. The Bertz CT molecular complexity index is 1500. The van der Waals surface area contributed by atoms with E-state index in [2.05, 4.69) is 15.5 Å². The van der Waals surface area contributed by atoms with Crippen molar-refractivity contribution < 1.29 is 35.9 Å². The van der Waals surface area contributed by atoms with Gasteiger partial charge in [0.15, 0.2) is 0 Å². The molecule has 1 aliphatic heterocycles. The molecule has 2 N–H and O–H groups in total. The van der Waals surface area contributed by atoms with E-state index in [0.29, 0.717) is 62.9 Å². The van der Waals surface area contributed by atoms with Gasteiger partial charge in [0, 0.05) is 19.1 Å². The second kappa shape index (κ2) is 13.0. The van der Waals surface area contributed by atoms with Crippen molar-refractivity contribution in [1.29, 1.82) is 0 Å². The van der Waals surface area contributed by atoms with Crippen LogP contribution in [-0.4, -0.2) is 55.1 Å². The van der Waals surface area contributed by atoms with E-state index in [1.54, 1.807) is 12.1 Å². The summed E-state index contributed by atoms with van der Waals surface area (Å²) < 4.78 is 78.6. The zero-order valence-electron chi connectivity index (χ0n) is 24.2. The Kier molecular flexibility index (Phi) is 9.51. The number of carbonyl (C=O) groups is 2. The molecule has 240 valence electrons. The molecule has 0 unspecified atom stereocenters. The van der Waals surface area contributed by atoms with Gasteiger partial charge in [0.1, 0.15) is 12.0 Å². The number of unbranched alkanes of at least 4 members (excludes halogenated alkanes) is 1. The average molecular weight is 652 g/mol. The first-order chi connectivity index (χ1) is 21.3. The molecule has 1 fully saturated rings. The van der Waals surface area contributed by atoms with Crippen molar-refractivity contribution in [2.24, 2.45) is 0 Å². The third-order valence-corrected chi connectivity index (χ3v) is 8.97. The largest absolute Gasteiger partial charge is 0.416 e. The van der Waals surface area contributed by atoms with Crippen LogP contribution in [0.25, 0.3) is 11.1 Å². The molecule has 0 spiro atoms. The number of nitrogens with zero attached hydrogens (tertiary/aromatic N) is 1. The van der Waals surface area contributed by atoms with Gasteiger partial charge >= 0.3 is 12.4 Å². The maximum atomic E-state index is 13.6. The Hall–Kier alpha value is -3.57. The van der Waals surface area contributed by atoms with E-state index in [4.69, 9.17) is 11.6 Å². The zero-order valence-corrected chi connectivity index (χ0v) is 25.0. The van der Waals surface area contributed by atoms with E-state index in [1.165, 1.54) is 0 Å². The molecule has 0 atom stereocenters. The summed E-state index contributed by atoms with van der Waals surface area (Å²) in [4.78, 5) is 28.6. The number of hydrogen-bond acceptors (Lipinski definition) is 3. The van der Waals surface area contributed by atoms with Gasteiger partial charge in [0.2, 0.25) is 5.91 Å². The third kappa shape index (κ3) is 7.14. The highest BCUT2D eigenvalue weighted by Gasteiger charge is 2.49. The number of amides is 2. The molecule has 2 amide bonds. The molecule has 1 saturated heterocycles. The molecule has 0 aromatic heterocycles. The van der Waals surface area contributed by atoms with Crippen LogP contribution in [0.15, 0.2) is 66.7 Å². The molecule has 1 heterocycles. The Balaban J connectivity index is 1.19. The summed E-state index contributed by atoms with van der Waals surface area (Å²) in [7, 11) is 0. The fourth-order valence-electron chi connectivity index (χ4n) is 6.45. The van der Waals surface area contributed by atoms with Gasteiger partial charge in [-0.15, -0.1) is 0 Å². The molecule has 1 aliphatic carbocycles. The quantitative estimate of drug-likeness (QED) is 0.188. The maximum Gasteiger partial charge on any atom is 0.416 e. The fourth-order valence-corrected chi connectivity index (χ4v) is 6.65. The summed E-state index contributed by atoms with van der Waals surface area (Å²) in [5.74, 6) is -1.33. The Morgan fingerprint density at radius 3 is 2.04 bits per heavy atom. The first kappa shape index (κ1) is 32.8. The average Bonchev–Trinajstić information content (AvgIpc) is 3.29. The van der Waals surface area contributed by atoms with Gasteiger partial charge in [-0.25, -0.2) is 0 Å². The molecule has 0 saturated carbocycles. The van der Waals surface area contributed by atoms with E-state index in [0.717, 1.165) is 29.3 Å². The number of piperidine rings is 1. The Morgan fingerprint density at radius 1 is 0.867 bits per heavy atom. The van der Waals surface area contributed by atoms with Crippen LogP contribution in [0.5, 0.6) is 0 Å². The molecule has 5 nitrogen and oxygen atoms in total. The van der Waals surface area contributed by atoms with E-state index in [-0.39, 0.29) is 16.6 Å². The van der Waals surface area contributed by atoms with E-state index >= 15 is 0 Å². The van der Waals surface area contributed by atoms with E-state index < -0.39 is 41.7 Å². The zero-order chi connectivity index (χ0) is 32.4. The molecule has 2 aliphatic rings. The van der Waals surface area contributed by atoms with Crippen LogP contribution in [-0.2, 0) is 16.4 Å². The van der Waals surface area contributed by atoms with Gasteiger partial charge in [-0.3, -0.25) is 9.59 Å². The van der Waals surface area contributed by atoms with Crippen molar-refractivity contribution in [1.82, 2.24) is 15.5 Å². The summed E-state index contributed by atoms with van der Waals surface area (Å²) in [5.41, 5.74) is 0.650. The van der Waals surface area contributed by atoms with Gasteiger partial charge in [0.25, 0.3) is 5.91 Å². The second-order valence-electron chi connectivity index (χ2n) is 11.5. The van der Waals surface area contributed by atoms with Crippen LogP contribution >= 0.6 is 11.6 Å². The molecule has 3 aromatic carbocycles. The first-order valence-corrected chi connectivity index (χ1v) is 15.1.